The number of halogens is 1. The van der Waals surface area contributed by atoms with Gasteiger partial charge in [-0.15, -0.1) is 0 Å². The van der Waals surface area contributed by atoms with E-state index >= 15 is 0 Å². The molecule has 2 N–H and O–H groups in total. The van der Waals surface area contributed by atoms with E-state index in [4.69, 9.17) is 0 Å². The van der Waals surface area contributed by atoms with Crippen molar-refractivity contribution in [2.24, 2.45) is 5.92 Å². The van der Waals surface area contributed by atoms with Crippen LogP contribution in [-0.4, -0.2) is 16.7 Å². The van der Waals surface area contributed by atoms with Gasteiger partial charge in [0.05, 0.1) is 6.10 Å². The zero-order valence-electron chi connectivity index (χ0n) is 9.28. The molecule has 1 aromatic carbocycles. The molecule has 2 aliphatic heterocycles. The van der Waals surface area contributed by atoms with Crippen molar-refractivity contribution < 1.29 is 9.50 Å². The quantitative estimate of drug-likeness (QED) is 0.800. The van der Waals surface area contributed by atoms with Crippen molar-refractivity contribution in [3.63, 3.8) is 0 Å². The first-order chi connectivity index (χ1) is 7.57. The topological polar surface area (TPSA) is 32.3 Å². The Kier molecular flexibility index (Phi) is 2.10. The molecule has 1 saturated carbocycles. The third-order valence-electron chi connectivity index (χ3n) is 3.98. The fourth-order valence-corrected chi connectivity index (χ4v) is 3.22. The summed E-state index contributed by atoms with van der Waals surface area (Å²) < 4.78 is 13.1. The van der Waals surface area contributed by atoms with Crippen molar-refractivity contribution in [3.8, 4) is 0 Å². The van der Waals surface area contributed by atoms with Crippen LogP contribution in [0.2, 0.25) is 0 Å². The number of hydrogen-bond acceptors (Lipinski definition) is 2. The number of nitrogens with one attached hydrogen (secondary N) is 1. The van der Waals surface area contributed by atoms with Gasteiger partial charge in [0.15, 0.2) is 0 Å². The van der Waals surface area contributed by atoms with Gasteiger partial charge in [-0.3, -0.25) is 0 Å². The highest BCUT2D eigenvalue weighted by Gasteiger charge is 2.54. The molecule has 4 rings (SSSR count). The van der Waals surface area contributed by atoms with Gasteiger partial charge in [-0.05, 0) is 43.4 Å². The number of fused-ring (bicyclic) bond motifs is 1. The second-order valence-electron chi connectivity index (χ2n) is 5.40. The molecule has 0 amide bonds. The van der Waals surface area contributed by atoms with Crippen molar-refractivity contribution >= 4 is 0 Å². The normalized spacial score (nSPS) is 38.2. The van der Waals surface area contributed by atoms with E-state index in [-0.39, 0.29) is 17.4 Å². The van der Waals surface area contributed by atoms with Gasteiger partial charge < -0.3 is 10.4 Å². The zero-order chi connectivity index (χ0) is 11.3. The van der Waals surface area contributed by atoms with Gasteiger partial charge in [0.2, 0.25) is 0 Å². The van der Waals surface area contributed by atoms with Crippen LogP contribution in [0.3, 0.4) is 0 Å². The van der Waals surface area contributed by atoms with Crippen LogP contribution in [0.1, 0.15) is 31.4 Å². The van der Waals surface area contributed by atoms with E-state index in [9.17, 15) is 9.50 Å². The monoisotopic (exact) mass is 221 g/mol. The summed E-state index contributed by atoms with van der Waals surface area (Å²) in [6.45, 7) is 2.18. The summed E-state index contributed by atoms with van der Waals surface area (Å²) in [4.78, 5) is 0. The first-order valence-corrected chi connectivity index (χ1v) is 5.79. The van der Waals surface area contributed by atoms with Crippen molar-refractivity contribution in [1.29, 1.82) is 0 Å². The fraction of sp³-hybridized carbons (Fsp3) is 0.538. The summed E-state index contributed by atoms with van der Waals surface area (Å²) in [5.74, 6) is 0.261. The molecule has 2 nitrogen and oxygen atoms in total. The molecule has 0 radical (unpaired) electrons. The molecule has 1 aromatic rings. The molecule has 86 valence electrons. The Labute approximate surface area is 94.5 Å². The lowest BCUT2D eigenvalue weighted by Gasteiger charge is -2.33. The largest absolute Gasteiger partial charge is 0.387 e. The predicted octanol–water partition coefficient (Wildman–Crippen LogP) is 2.00. The van der Waals surface area contributed by atoms with Crippen molar-refractivity contribution in [3.05, 3.63) is 35.6 Å². The molecule has 2 atom stereocenters. The molecule has 3 heteroatoms. The Bertz CT molecular complexity index is 414. The molecule has 3 aliphatic rings. The average molecular weight is 221 g/mol. The number of benzene rings is 1. The SMILES string of the molecule is CC12CC(C1)[C@H](C(O)c1cccc(F)c1)N2. The van der Waals surface area contributed by atoms with Gasteiger partial charge in [0, 0.05) is 11.6 Å². The second-order valence-corrected chi connectivity index (χ2v) is 5.40. The van der Waals surface area contributed by atoms with Crippen LogP contribution < -0.4 is 5.32 Å². The van der Waals surface area contributed by atoms with E-state index in [1.807, 2.05) is 0 Å². The van der Waals surface area contributed by atoms with Crippen molar-refractivity contribution in [1.82, 2.24) is 5.32 Å². The Morgan fingerprint density at radius 3 is 2.81 bits per heavy atom. The Balaban J connectivity index is 1.81. The van der Waals surface area contributed by atoms with Crippen LogP contribution in [0.15, 0.2) is 24.3 Å². The molecule has 0 spiro atoms. The van der Waals surface area contributed by atoms with Crippen LogP contribution in [-0.2, 0) is 0 Å². The maximum Gasteiger partial charge on any atom is 0.123 e. The van der Waals surface area contributed by atoms with E-state index in [1.165, 1.54) is 12.1 Å². The summed E-state index contributed by atoms with van der Waals surface area (Å²) in [5.41, 5.74) is 0.887. The van der Waals surface area contributed by atoms with Crippen LogP contribution in [0.5, 0.6) is 0 Å². The zero-order valence-corrected chi connectivity index (χ0v) is 9.28. The highest BCUT2D eigenvalue weighted by molar-refractivity contribution is 5.24. The van der Waals surface area contributed by atoms with E-state index in [1.54, 1.807) is 12.1 Å². The van der Waals surface area contributed by atoms with Gasteiger partial charge in [0.1, 0.15) is 5.82 Å². The van der Waals surface area contributed by atoms with Gasteiger partial charge in [-0.25, -0.2) is 4.39 Å². The summed E-state index contributed by atoms with van der Waals surface area (Å²) >= 11 is 0. The standard InChI is InChI=1S/C13H16FNO/c1-13-6-9(7-13)11(15-13)12(16)8-3-2-4-10(14)5-8/h2-5,9,11-12,15-16H,6-7H2,1H3/t9?,11-,12?,13?/m1/s1. The van der Waals surface area contributed by atoms with Crippen LogP contribution in [0.4, 0.5) is 4.39 Å². The van der Waals surface area contributed by atoms with Gasteiger partial charge >= 0.3 is 0 Å². The Morgan fingerprint density at radius 1 is 1.50 bits per heavy atom. The summed E-state index contributed by atoms with van der Waals surface area (Å²) in [6, 6.07) is 6.35. The number of aliphatic hydroxyl groups is 1. The van der Waals surface area contributed by atoms with Crippen LogP contribution >= 0.6 is 0 Å². The minimum absolute atomic E-state index is 0.0896. The fourth-order valence-electron chi connectivity index (χ4n) is 3.22. The Morgan fingerprint density at radius 2 is 2.25 bits per heavy atom. The third-order valence-corrected chi connectivity index (χ3v) is 3.98. The number of rotatable bonds is 2. The first kappa shape index (κ1) is 10.2. The average Bonchev–Trinajstić information content (AvgIpc) is 2.70. The van der Waals surface area contributed by atoms with Gasteiger partial charge in [0.25, 0.3) is 0 Å². The van der Waals surface area contributed by atoms with Gasteiger partial charge in [-0.2, -0.15) is 0 Å². The van der Waals surface area contributed by atoms with E-state index in [2.05, 4.69) is 12.2 Å². The van der Waals surface area contributed by atoms with Crippen molar-refractivity contribution in [2.75, 3.05) is 0 Å². The second kappa shape index (κ2) is 3.28. The molecule has 2 heterocycles. The highest BCUT2D eigenvalue weighted by atomic mass is 19.1. The molecule has 0 aromatic heterocycles. The van der Waals surface area contributed by atoms with Crippen LogP contribution in [0.25, 0.3) is 0 Å². The summed E-state index contributed by atoms with van der Waals surface area (Å²) in [5, 5.41) is 13.7. The van der Waals surface area contributed by atoms with Gasteiger partial charge in [-0.1, -0.05) is 12.1 Å². The minimum atomic E-state index is -0.593. The first-order valence-electron chi connectivity index (χ1n) is 5.79. The number of hydrogen-bond donors (Lipinski definition) is 2. The lowest BCUT2D eigenvalue weighted by molar-refractivity contribution is 0.121. The third kappa shape index (κ3) is 1.46. The molecule has 3 fully saturated rings. The lowest BCUT2D eigenvalue weighted by atomic mass is 9.72. The molecule has 16 heavy (non-hydrogen) atoms. The lowest BCUT2D eigenvalue weighted by Crippen LogP contribution is -2.40. The van der Waals surface area contributed by atoms with E-state index < -0.39 is 6.10 Å². The predicted molar refractivity (Wildman–Crippen MR) is 59.4 cm³/mol. The maximum atomic E-state index is 13.1. The maximum absolute atomic E-state index is 13.1. The number of aliphatic hydroxyl groups excluding tert-OH is 1. The molecule has 2 saturated heterocycles. The molecule has 1 unspecified atom stereocenters. The summed E-state index contributed by atoms with van der Waals surface area (Å²) in [6.07, 6.45) is 1.67. The highest BCUT2D eigenvalue weighted by Crippen LogP contribution is 2.50. The molecular weight excluding hydrogens is 205 g/mol. The smallest absolute Gasteiger partial charge is 0.123 e. The van der Waals surface area contributed by atoms with E-state index in [0.29, 0.717) is 11.5 Å². The minimum Gasteiger partial charge on any atom is -0.387 e. The molecule has 2 bridgehead atoms. The van der Waals surface area contributed by atoms with E-state index in [0.717, 1.165) is 12.8 Å². The molecule has 1 aliphatic carbocycles. The van der Waals surface area contributed by atoms with Crippen LogP contribution in [0, 0.1) is 11.7 Å². The summed E-state index contributed by atoms with van der Waals surface area (Å²) in [7, 11) is 0. The molecular formula is C13H16FNO. The Hall–Kier alpha value is -0.930. The van der Waals surface area contributed by atoms with Crippen molar-refractivity contribution in [2.45, 2.75) is 37.5 Å².